The number of unbranched alkanes of at least 4 members (excludes halogenated alkanes) is 39. The summed E-state index contributed by atoms with van der Waals surface area (Å²) in [5, 5.41) is 10.6. The molecule has 0 saturated heterocycles. The third-order valence-electron chi connectivity index (χ3n) is 17.4. The van der Waals surface area contributed by atoms with Gasteiger partial charge in [-0.1, -0.05) is 316 Å². The number of hydrogen-bond donors (Lipinski definition) is 3. The fraction of sp³-hybridized carbons (Fsp3) is 0.895. The monoisotopic (exact) mass is 1390 g/mol. The molecule has 0 spiro atoms. The van der Waals surface area contributed by atoms with E-state index in [1.807, 2.05) is 0 Å². The van der Waals surface area contributed by atoms with E-state index >= 15 is 0 Å². The molecule has 3 unspecified atom stereocenters. The lowest BCUT2D eigenvalue weighted by Gasteiger charge is -2.21. The second kappa shape index (κ2) is 67.4. The van der Waals surface area contributed by atoms with Gasteiger partial charge in [0, 0.05) is 25.7 Å². The molecule has 0 bridgehead atoms. The van der Waals surface area contributed by atoms with E-state index < -0.39 is 97.5 Å². The maximum Gasteiger partial charge on any atom is 0.472 e. The lowest BCUT2D eigenvalue weighted by atomic mass is 9.99. The lowest BCUT2D eigenvalue weighted by Crippen LogP contribution is -2.30. The third-order valence-corrected chi connectivity index (χ3v) is 19.3. The van der Waals surface area contributed by atoms with Crippen LogP contribution in [0.25, 0.3) is 0 Å². The molecule has 0 aliphatic heterocycles. The molecule has 0 aliphatic carbocycles. The predicted molar refractivity (Wildman–Crippen MR) is 386 cm³/mol. The Morgan fingerprint density at radius 1 is 0.347 bits per heavy atom. The first-order valence-corrected chi connectivity index (χ1v) is 41.8. The fourth-order valence-electron chi connectivity index (χ4n) is 11.1. The van der Waals surface area contributed by atoms with Crippen molar-refractivity contribution < 1.29 is 80.2 Å². The van der Waals surface area contributed by atoms with Gasteiger partial charge in [-0.05, 0) is 63.2 Å². The molecule has 3 N–H and O–H groups in total. The Labute approximate surface area is 580 Å². The molecule has 0 rings (SSSR count). The highest BCUT2D eigenvalue weighted by molar-refractivity contribution is 7.47. The van der Waals surface area contributed by atoms with Crippen molar-refractivity contribution in [1.82, 2.24) is 0 Å². The first-order valence-electron chi connectivity index (χ1n) is 38.8. The highest BCUT2D eigenvalue weighted by Gasteiger charge is 2.30. The molecule has 560 valence electrons. The maximum atomic E-state index is 13.1. The summed E-state index contributed by atoms with van der Waals surface area (Å²) in [6.07, 6.45) is 57.5. The average molecular weight is 1390 g/mol. The van der Waals surface area contributed by atoms with Crippen LogP contribution >= 0.6 is 15.6 Å². The Morgan fingerprint density at radius 3 is 0.947 bits per heavy atom. The van der Waals surface area contributed by atoms with Gasteiger partial charge in [0.2, 0.25) is 0 Å². The second-order valence-electron chi connectivity index (χ2n) is 27.4. The SMILES string of the molecule is CCCCCC/C=C\C=C/CCCCCCCC(=O)OC[C@H](COP(=O)(O)OC[C@@H](O)COP(=O)(O)OC[C@@H](COC(=O)CCCCCCCCCCC)OC(=O)CCCCCCCCCCCCC(C)CC)OC(=O)CCCCCCCCCCCCCCCCC(C)C. The molecule has 0 fully saturated rings. The van der Waals surface area contributed by atoms with Gasteiger partial charge >= 0.3 is 39.5 Å². The number of phosphoric acid groups is 2. The van der Waals surface area contributed by atoms with Crippen LogP contribution in [0.2, 0.25) is 0 Å². The summed E-state index contributed by atoms with van der Waals surface area (Å²) in [6, 6.07) is 0. The molecule has 95 heavy (non-hydrogen) atoms. The summed E-state index contributed by atoms with van der Waals surface area (Å²) >= 11 is 0. The minimum Gasteiger partial charge on any atom is -0.462 e. The van der Waals surface area contributed by atoms with Crippen LogP contribution in [0.1, 0.15) is 369 Å². The third kappa shape index (κ3) is 68.5. The number of ether oxygens (including phenoxy) is 4. The van der Waals surface area contributed by atoms with Crippen molar-refractivity contribution in [2.24, 2.45) is 11.8 Å². The topological polar surface area (TPSA) is 237 Å². The summed E-state index contributed by atoms with van der Waals surface area (Å²) in [5.41, 5.74) is 0. The van der Waals surface area contributed by atoms with E-state index in [0.717, 1.165) is 121 Å². The van der Waals surface area contributed by atoms with Gasteiger partial charge in [0.05, 0.1) is 26.4 Å². The van der Waals surface area contributed by atoms with E-state index in [1.165, 1.54) is 167 Å². The van der Waals surface area contributed by atoms with Crippen LogP contribution in [0.15, 0.2) is 24.3 Å². The van der Waals surface area contributed by atoms with Crippen molar-refractivity contribution in [2.75, 3.05) is 39.6 Å². The number of rotatable bonds is 73. The second-order valence-corrected chi connectivity index (χ2v) is 30.3. The quantitative estimate of drug-likeness (QED) is 0.0169. The first kappa shape index (κ1) is 92.5. The maximum absolute atomic E-state index is 13.1. The van der Waals surface area contributed by atoms with E-state index in [9.17, 15) is 43.2 Å². The van der Waals surface area contributed by atoms with Gasteiger partial charge in [-0.25, -0.2) is 9.13 Å². The summed E-state index contributed by atoms with van der Waals surface area (Å²) in [4.78, 5) is 72.8. The summed E-state index contributed by atoms with van der Waals surface area (Å²) in [7, 11) is -9.92. The molecular weight excluding hydrogens is 1250 g/mol. The van der Waals surface area contributed by atoms with Gasteiger partial charge in [0.1, 0.15) is 19.3 Å². The molecule has 0 aromatic carbocycles. The molecule has 0 saturated carbocycles. The van der Waals surface area contributed by atoms with E-state index in [-0.39, 0.29) is 25.7 Å². The Hall–Kier alpha value is -2.46. The number of carbonyl (C=O) groups excluding carboxylic acids is 4. The number of esters is 4. The summed E-state index contributed by atoms with van der Waals surface area (Å²) < 4.78 is 68.5. The molecule has 6 atom stereocenters. The normalized spacial score (nSPS) is 14.5. The highest BCUT2D eigenvalue weighted by Crippen LogP contribution is 2.45. The van der Waals surface area contributed by atoms with Crippen LogP contribution in [0, 0.1) is 11.8 Å². The number of aliphatic hydroxyl groups is 1. The van der Waals surface area contributed by atoms with Crippen molar-refractivity contribution >= 4 is 39.5 Å². The Bertz CT molecular complexity index is 1930. The molecule has 0 aromatic heterocycles. The van der Waals surface area contributed by atoms with Crippen molar-refractivity contribution in [1.29, 1.82) is 0 Å². The minimum absolute atomic E-state index is 0.101. The molecule has 0 radical (unpaired) electrons. The molecule has 0 aliphatic rings. The molecule has 0 amide bonds. The number of aliphatic hydroxyl groups excluding tert-OH is 1. The van der Waals surface area contributed by atoms with Gasteiger partial charge < -0.3 is 33.8 Å². The molecule has 0 heterocycles. The number of carbonyl (C=O) groups is 4. The van der Waals surface area contributed by atoms with E-state index in [0.29, 0.717) is 25.7 Å². The zero-order valence-corrected chi connectivity index (χ0v) is 63.2. The van der Waals surface area contributed by atoms with Crippen LogP contribution in [-0.4, -0.2) is 96.7 Å². The Morgan fingerprint density at radius 2 is 0.621 bits per heavy atom. The zero-order chi connectivity index (χ0) is 70.0. The molecule has 0 aromatic rings. The summed E-state index contributed by atoms with van der Waals surface area (Å²) in [6.45, 7) is 9.56. The predicted octanol–water partition coefficient (Wildman–Crippen LogP) is 21.9. The van der Waals surface area contributed by atoms with Crippen molar-refractivity contribution in [2.45, 2.75) is 387 Å². The van der Waals surface area contributed by atoms with Crippen LogP contribution in [-0.2, 0) is 65.4 Å². The first-order chi connectivity index (χ1) is 45.9. The van der Waals surface area contributed by atoms with Gasteiger partial charge in [0.25, 0.3) is 0 Å². The van der Waals surface area contributed by atoms with Gasteiger partial charge in [-0.3, -0.25) is 37.3 Å². The summed E-state index contributed by atoms with van der Waals surface area (Å²) in [5.74, 6) is -0.552. The highest BCUT2D eigenvalue weighted by atomic mass is 31.2. The van der Waals surface area contributed by atoms with Crippen molar-refractivity contribution in [3.63, 3.8) is 0 Å². The van der Waals surface area contributed by atoms with Crippen LogP contribution < -0.4 is 0 Å². The number of allylic oxidation sites excluding steroid dienone is 4. The number of phosphoric ester groups is 2. The lowest BCUT2D eigenvalue weighted by molar-refractivity contribution is -0.161. The minimum atomic E-state index is -4.96. The molecule has 17 nitrogen and oxygen atoms in total. The average Bonchev–Trinajstić information content (AvgIpc) is 1.99. The van der Waals surface area contributed by atoms with Gasteiger partial charge in [-0.15, -0.1) is 0 Å². The van der Waals surface area contributed by atoms with Gasteiger partial charge in [-0.2, -0.15) is 0 Å². The Kier molecular flexibility index (Phi) is 65.6. The van der Waals surface area contributed by atoms with E-state index in [2.05, 4.69) is 65.8 Å². The van der Waals surface area contributed by atoms with E-state index in [1.54, 1.807) is 0 Å². The molecular formula is C76H144O17P2. The molecule has 19 heteroatoms. The number of hydrogen-bond acceptors (Lipinski definition) is 15. The standard InChI is InChI=1S/C76H144O17P2/c1-7-10-12-14-16-18-19-20-21-25-28-35-41-47-53-59-74(79)87-65-72(92-75(80)60-54-48-42-36-29-26-23-22-24-27-33-38-44-50-56-68(4)5)67-91-95(84,85)89-63-70(77)62-88-94(82,83)90-66-71(64-86-73(78)58-52-46-40-32-17-15-13-11-8-2)93-76(81)61-55-49-43-37-31-30-34-39-45-51-57-69(6)9-3/h18-21,68-72,77H,7-17,22-67H2,1-6H3,(H,82,83)(H,84,85)/b19-18-,21-20-/t69?,70-,71+,72+/m0/s1. The zero-order valence-electron chi connectivity index (χ0n) is 61.5. The van der Waals surface area contributed by atoms with Crippen LogP contribution in [0.3, 0.4) is 0 Å². The fourth-order valence-corrected chi connectivity index (χ4v) is 12.7. The van der Waals surface area contributed by atoms with Crippen LogP contribution in [0.5, 0.6) is 0 Å². The van der Waals surface area contributed by atoms with Crippen molar-refractivity contribution in [3.8, 4) is 0 Å². The largest absolute Gasteiger partial charge is 0.472 e. The van der Waals surface area contributed by atoms with E-state index in [4.69, 9.17) is 37.0 Å². The Balaban J connectivity index is 5.28. The smallest absolute Gasteiger partial charge is 0.462 e. The van der Waals surface area contributed by atoms with Crippen molar-refractivity contribution in [3.05, 3.63) is 24.3 Å². The van der Waals surface area contributed by atoms with Gasteiger partial charge in [0.15, 0.2) is 12.2 Å². The van der Waals surface area contributed by atoms with Crippen LogP contribution in [0.4, 0.5) is 0 Å².